The molecule has 3 aromatic rings. The predicted octanol–water partition coefficient (Wildman–Crippen LogP) is 2.66. The van der Waals surface area contributed by atoms with E-state index in [1.165, 1.54) is 10.4 Å². The predicted molar refractivity (Wildman–Crippen MR) is 85.9 cm³/mol. The summed E-state index contributed by atoms with van der Waals surface area (Å²) in [5.41, 5.74) is 3.04. The number of carbonyl (C=O) groups is 1. The lowest BCUT2D eigenvalue weighted by molar-refractivity contribution is 0.192. The Hall–Kier alpha value is -2.34. The fourth-order valence-corrected chi connectivity index (χ4v) is 3.66. The maximum atomic E-state index is 12.3. The van der Waals surface area contributed by atoms with E-state index in [0.29, 0.717) is 13.1 Å². The van der Waals surface area contributed by atoms with E-state index in [2.05, 4.69) is 21.7 Å². The SMILES string of the molecule is O=C(NCc1cn2ccccc2n1)N1CCc2sccc2C1. The summed E-state index contributed by atoms with van der Waals surface area (Å²) in [5.74, 6) is 0. The molecule has 4 rings (SSSR count). The molecule has 112 valence electrons. The number of imidazole rings is 1. The molecular formula is C16H16N4OS. The van der Waals surface area contributed by atoms with Crippen molar-refractivity contribution in [1.82, 2.24) is 19.6 Å². The van der Waals surface area contributed by atoms with Gasteiger partial charge in [-0.1, -0.05) is 6.07 Å². The molecule has 3 aromatic heterocycles. The smallest absolute Gasteiger partial charge is 0.318 e. The van der Waals surface area contributed by atoms with Crippen LogP contribution in [0.2, 0.25) is 0 Å². The van der Waals surface area contributed by atoms with Crippen LogP contribution in [0.3, 0.4) is 0 Å². The zero-order valence-electron chi connectivity index (χ0n) is 12.0. The molecule has 0 fully saturated rings. The van der Waals surface area contributed by atoms with Crippen molar-refractivity contribution in [3.63, 3.8) is 0 Å². The topological polar surface area (TPSA) is 49.6 Å². The molecule has 0 aliphatic carbocycles. The van der Waals surface area contributed by atoms with Gasteiger partial charge in [0, 0.05) is 30.4 Å². The van der Waals surface area contributed by atoms with Gasteiger partial charge in [-0.15, -0.1) is 11.3 Å². The molecule has 0 atom stereocenters. The first-order chi connectivity index (χ1) is 10.8. The molecule has 0 radical (unpaired) electrons. The van der Waals surface area contributed by atoms with E-state index in [1.54, 1.807) is 11.3 Å². The summed E-state index contributed by atoms with van der Waals surface area (Å²) in [4.78, 5) is 20.1. The van der Waals surface area contributed by atoms with Gasteiger partial charge in [-0.25, -0.2) is 9.78 Å². The van der Waals surface area contributed by atoms with Crippen LogP contribution in [0.1, 0.15) is 16.1 Å². The molecule has 4 heterocycles. The first-order valence-electron chi connectivity index (χ1n) is 7.30. The Bertz CT molecular complexity index is 789. The van der Waals surface area contributed by atoms with Crippen LogP contribution >= 0.6 is 11.3 Å². The Morgan fingerprint density at radius 1 is 1.36 bits per heavy atom. The van der Waals surface area contributed by atoms with Crippen LogP contribution in [0, 0.1) is 0 Å². The number of amides is 2. The van der Waals surface area contributed by atoms with Gasteiger partial charge in [-0.3, -0.25) is 0 Å². The summed E-state index contributed by atoms with van der Waals surface area (Å²) >= 11 is 1.78. The molecule has 0 aromatic carbocycles. The van der Waals surface area contributed by atoms with Crippen LogP contribution in [0.25, 0.3) is 5.65 Å². The highest BCUT2D eigenvalue weighted by Crippen LogP contribution is 2.23. The van der Waals surface area contributed by atoms with Crippen molar-refractivity contribution in [2.24, 2.45) is 0 Å². The monoisotopic (exact) mass is 312 g/mol. The fraction of sp³-hybridized carbons (Fsp3) is 0.250. The Kier molecular flexibility index (Phi) is 3.31. The largest absolute Gasteiger partial charge is 0.332 e. The average molecular weight is 312 g/mol. The van der Waals surface area contributed by atoms with Crippen molar-refractivity contribution in [2.45, 2.75) is 19.5 Å². The highest BCUT2D eigenvalue weighted by molar-refractivity contribution is 7.10. The first kappa shape index (κ1) is 13.3. The number of hydrogen-bond donors (Lipinski definition) is 1. The molecule has 0 unspecified atom stereocenters. The molecular weight excluding hydrogens is 296 g/mol. The van der Waals surface area contributed by atoms with Gasteiger partial charge in [0.15, 0.2) is 0 Å². The molecule has 2 amide bonds. The molecule has 1 N–H and O–H groups in total. The third kappa shape index (κ3) is 2.46. The quantitative estimate of drug-likeness (QED) is 0.791. The molecule has 22 heavy (non-hydrogen) atoms. The van der Waals surface area contributed by atoms with Gasteiger partial charge in [-0.2, -0.15) is 0 Å². The number of rotatable bonds is 2. The van der Waals surface area contributed by atoms with Gasteiger partial charge < -0.3 is 14.6 Å². The fourth-order valence-electron chi connectivity index (χ4n) is 2.77. The van der Waals surface area contributed by atoms with Crippen LogP contribution in [0.15, 0.2) is 42.0 Å². The number of fused-ring (bicyclic) bond motifs is 2. The zero-order chi connectivity index (χ0) is 14.9. The van der Waals surface area contributed by atoms with Gasteiger partial charge in [0.25, 0.3) is 0 Å². The molecule has 1 aliphatic rings. The van der Waals surface area contributed by atoms with E-state index in [9.17, 15) is 4.79 Å². The summed E-state index contributed by atoms with van der Waals surface area (Å²) in [6, 6.07) is 7.96. The Labute approximate surface area is 132 Å². The highest BCUT2D eigenvalue weighted by atomic mass is 32.1. The second-order valence-electron chi connectivity index (χ2n) is 5.40. The van der Waals surface area contributed by atoms with Crippen LogP contribution in [0.5, 0.6) is 0 Å². The minimum atomic E-state index is -0.0195. The number of carbonyl (C=O) groups excluding carboxylic acids is 1. The summed E-state index contributed by atoms with van der Waals surface area (Å²) < 4.78 is 1.96. The number of thiophene rings is 1. The number of nitrogens with zero attached hydrogens (tertiary/aromatic N) is 3. The Morgan fingerprint density at radius 2 is 2.32 bits per heavy atom. The molecule has 0 bridgehead atoms. The van der Waals surface area contributed by atoms with Crippen LogP contribution in [0.4, 0.5) is 4.79 Å². The standard InChI is InChI=1S/C16H16N4OS/c21-16(20-7-4-14-12(10-20)5-8-22-14)17-9-13-11-19-6-2-1-3-15(19)18-13/h1-3,5-6,8,11H,4,7,9-10H2,(H,17,21). The van der Waals surface area contributed by atoms with Crippen LogP contribution in [-0.2, 0) is 19.5 Å². The second kappa shape index (κ2) is 5.46. The van der Waals surface area contributed by atoms with E-state index in [4.69, 9.17) is 0 Å². The summed E-state index contributed by atoms with van der Waals surface area (Å²) in [7, 11) is 0. The van der Waals surface area contributed by atoms with Crippen molar-refractivity contribution < 1.29 is 4.79 Å². The number of hydrogen-bond acceptors (Lipinski definition) is 3. The summed E-state index contributed by atoms with van der Waals surface area (Å²) in [6.45, 7) is 1.94. The van der Waals surface area contributed by atoms with Gasteiger partial charge in [0.2, 0.25) is 0 Å². The highest BCUT2D eigenvalue weighted by Gasteiger charge is 2.21. The molecule has 1 aliphatic heterocycles. The number of urea groups is 1. The second-order valence-corrected chi connectivity index (χ2v) is 6.40. The molecule has 0 saturated heterocycles. The van der Waals surface area contributed by atoms with E-state index in [0.717, 1.165) is 24.3 Å². The number of nitrogens with one attached hydrogen (secondary N) is 1. The summed E-state index contributed by atoms with van der Waals surface area (Å²) in [6.07, 6.45) is 4.86. The van der Waals surface area contributed by atoms with Crippen LogP contribution in [-0.4, -0.2) is 26.9 Å². The Balaban J connectivity index is 1.40. The molecule has 5 nitrogen and oxygen atoms in total. The lowest BCUT2D eigenvalue weighted by atomic mass is 10.1. The normalized spacial score (nSPS) is 14.1. The number of pyridine rings is 1. The number of aromatic nitrogens is 2. The van der Waals surface area contributed by atoms with E-state index < -0.39 is 0 Å². The zero-order valence-corrected chi connectivity index (χ0v) is 12.8. The van der Waals surface area contributed by atoms with Crippen molar-refractivity contribution in [3.8, 4) is 0 Å². The molecule has 6 heteroatoms. The average Bonchev–Trinajstić information content (AvgIpc) is 3.17. The van der Waals surface area contributed by atoms with Crippen molar-refractivity contribution in [1.29, 1.82) is 0 Å². The van der Waals surface area contributed by atoms with Gasteiger partial charge in [0.05, 0.1) is 12.2 Å². The van der Waals surface area contributed by atoms with Crippen molar-refractivity contribution in [3.05, 3.63) is 58.2 Å². The van der Waals surface area contributed by atoms with E-state index in [-0.39, 0.29) is 6.03 Å². The van der Waals surface area contributed by atoms with Gasteiger partial charge in [0.1, 0.15) is 5.65 Å². The first-order valence-corrected chi connectivity index (χ1v) is 8.18. The lowest BCUT2D eigenvalue weighted by Crippen LogP contribution is -2.42. The third-order valence-corrected chi connectivity index (χ3v) is 4.95. The maximum absolute atomic E-state index is 12.3. The van der Waals surface area contributed by atoms with E-state index >= 15 is 0 Å². The van der Waals surface area contributed by atoms with Crippen molar-refractivity contribution in [2.75, 3.05) is 6.54 Å². The minimum Gasteiger partial charge on any atom is -0.332 e. The third-order valence-electron chi connectivity index (χ3n) is 3.93. The molecule has 0 saturated carbocycles. The lowest BCUT2D eigenvalue weighted by Gasteiger charge is -2.27. The van der Waals surface area contributed by atoms with E-state index in [1.807, 2.05) is 39.9 Å². The maximum Gasteiger partial charge on any atom is 0.318 e. The van der Waals surface area contributed by atoms with Gasteiger partial charge in [-0.05, 0) is 35.6 Å². The van der Waals surface area contributed by atoms with Crippen LogP contribution < -0.4 is 5.32 Å². The van der Waals surface area contributed by atoms with Crippen molar-refractivity contribution >= 4 is 23.0 Å². The van der Waals surface area contributed by atoms with Gasteiger partial charge >= 0.3 is 6.03 Å². The summed E-state index contributed by atoms with van der Waals surface area (Å²) in [5, 5.41) is 5.07. The Morgan fingerprint density at radius 3 is 3.23 bits per heavy atom. The minimum absolute atomic E-state index is 0.0195. The molecule has 0 spiro atoms.